The van der Waals surface area contributed by atoms with E-state index in [0.29, 0.717) is 6.61 Å². The fraction of sp³-hybridized carbons (Fsp3) is 0.917. The molecule has 1 N–H and O–H groups in total. The number of carboxylic acids is 1. The lowest BCUT2D eigenvalue weighted by molar-refractivity contribution is -0.143. The number of rotatable bonds is 6. The molecular formula is C12H23NO3. The Morgan fingerprint density at radius 2 is 2.00 bits per heavy atom. The van der Waals surface area contributed by atoms with Crippen LogP contribution < -0.4 is 0 Å². The molecule has 0 spiro atoms. The zero-order chi connectivity index (χ0) is 12.2. The number of methoxy groups -OCH3 is 1. The van der Waals surface area contributed by atoms with Gasteiger partial charge in [0.2, 0.25) is 0 Å². The molecule has 1 rings (SSSR count). The summed E-state index contributed by atoms with van der Waals surface area (Å²) in [6.07, 6.45) is 2.49. The number of likely N-dealkylation sites (tertiary alicyclic amines) is 1. The number of aliphatic carboxylic acids is 1. The Hall–Kier alpha value is -0.610. The molecule has 1 fully saturated rings. The largest absolute Gasteiger partial charge is 0.481 e. The highest BCUT2D eigenvalue weighted by Gasteiger charge is 2.42. The van der Waals surface area contributed by atoms with Gasteiger partial charge in [-0.1, -0.05) is 13.8 Å². The van der Waals surface area contributed by atoms with Gasteiger partial charge in [0.1, 0.15) is 0 Å². The maximum absolute atomic E-state index is 11.1. The lowest BCUT2D eigenvalue weighted by atomic mass is 9.82. The fourth-order valence-corrected chi connectivity index (χ4v) is 2.66. The molecule has 0 aliphatic carbocycles. The van der Waals surface area contributed by atoms with Crippen molar-refractivity contribution in [3.05, 3.63) is 0 Å². The Balaban J connectivity index is 2.89. The molecule has 4 nitrogen and oxygen atoms in total. The topological polar surface area (TPSA) is 49.8 Å². The number of nitrogens with zero attached hydrogens (tertiary/aromatic N) is 1. The predicted molar refractivity (Wildman–Crippen MR) is 62.5 cm³/mol. The van der Waals surface area contributed by atoms with Crippen molar-refractivity contribution in [1.82, 2.24) is 4.90 Å². The minimum atomic E-state index is -0.738. The van der Waals surface area contributed by atoms with E-state index in [-0.39, 0.29) is 17.9 Å². The first-order chi connectivity index (χ1) is 7.53. The number of ether oxygens (including phenoxy) is 1. The molecule has 1 unspecified atom stereocenters. The molecule has 1 saturated heterocycles. The van der Waals surface area contributed by atoms with Gasteiger partial charge < -0.3 is 9.84 Å². The molecule has 0 bridgehead atoms. The lowest BCUT2D eigenvalue weighted by Crippen LogP contribution is -2.55. The Bertz CT molecular complexity index is 236. The first-order valence-electron chi connectivity index (χ1n) is 5.98. The molecule has 0 aromatic heterocycles. The number of carboxylic acid groups (broad SMARTS) is 1. The highest BCUT2D eigenvalue weighted by atomic mass is 16.5. The quantitative estimate of drug-likeness (QED) is 0.751. The zero-order valence-electron chi connectivity index (χ0n) is 10.5. The van der Waals surface area contributed by atoms with Crippen LogP contribution in [0.25, 0.3) is 0 Å². The van der Waals surface area contributed by atoms with Crippen molar-refractivity contribution in [2.24, 2.45) is 5.92 Å². The fourth-order valence-electron chi connectivity index (χ4n) is 2.66. The van der Waals surface area contributed by atoms with E-state index in [9.17, 15) is 4.79 Å². The van der Waals surface area contributed by atoms with E-state index in [1.165, 1.54) is 0 Å². The Labute approximate surface area is 97.6 Å². The summed E-state index contributed by atoms with van der Waals surface area (Å²) in [6, 6.07) is 0. The van der Waals surface area contributed by atoms with Crippen LogP contribution in [0.1, 0.15) is 33.1 Å². The number of hydrogen-bond acceptors (Lipinski definition) is 3. The van der Waals surface area contributed by atoms with E-state index < -0.39 is 5.97 Å². The van der Waals surface area contributed by atoms with E-state index >= 15 is 0 Å². The molecule has 0 saturated carbocycles. The van der Waals surface area contributed by atoms with Gasteiger partial charge in [0.25, 0.3) is 0 Å². The third-order valence-corrected chi connectivity index (χ3v) is 3.66. The van der Waals surface area contributed by atoms with Gasteiger partial charge in [-0.3, -0.25) is 9.69 Å². The summed E-state index contributed by atoms with van der Waals surface area (Å²) in [6.45, 7) is 6.65. The Morgan fingerprint density at radius 3 is 2.38 bits per heavy atom. The molecule has 1 heterocycles. The van der Waals surface area contributed by atoms with Crippen molar-refractivity contribution in [3.63, 3.8) is 0 Å². The molecule has 0 radical (unpaired) electrons. The van der Waals surface area contributed by atoms with Crippen LogP contribution >= 0.6 is 0 Å². The summed E-state index contributed by atoms with van der Waals surface area (Å²) >= 11 is 0. The second-order valence-corrected chi connectivity index (χ2v) is 4.96. The van der Waals surface area contributed by atoms with Crippen LogP contribution in [0.4, 0.5) is 0 Å². The average Bonchev–Trinajstić information content (AvgIpc) is 2.68. The monoisotopic (exact) mass is 229 g/mol. The van der Waals surface area contributed by atoms with E-state index in [1.54, 1.807) is 7.11 Å². The second kappa shape index (κ2) is 5.64. The third-order valence-electron chi connectivity index (χ3n) is 3.66. The van der Waals surface area contributed by atoms with Gasteiger partial charge in [0, 0.05) is 7.11 Å². The lowest BCUT2D eigenvalue weighted by Gasteiger charge is -2.43. The normalized spacial score (nSPS) is 21.2. The zero-order valence-corrected chi connectivity index (χ0v) is 10.5. The van der Waals surface area contributed by atoms with Crippen molar-refractivity contribution >= 4 is 5.97 Å². The Morgan fingerprint density at radius 1 is 1.44 bits per heavy atom. The van der Waals surface area contributed by atoms with Crippen molar-refractivity contribution in [2.75, 3.05) is 26.8 Å². The first kappa shape index (κ1) is 13.5. The predicted octanol–water partition coefficient (Wildman–Crippen LogP) is 1.60. The van der Waals surface area contributed by atoms with Crippen LogP contribution in [0.3, 0.4) is 0 Å². The molecule has 0 aromatic rings. The van der Waals surface area contributed by atoms with E-state index in [0.717, 1.165) is 25.9 Å². The standard InChI is InChI=1S/C12H23NO3/c1-10(2)12(9-16-3,8-11(14)15)13-6-4-5-7-13/h10H,4-9H2,1-3H3,(H,14,15). The van der Waals surface area contributed by atoms with Gasteiger partial charge in [0.05, 0.1) is 18.6 Å². The second-order valence-electron chi connectivity index (χ2n) is 4.96. The van der Waals surface area contributed by atoms with E-state index in [1.807, 2.05) is 0 Å². The maximum atomic E-state index is 11.1. The average molecular weight is 229 g/mol. The molecular weight excluding hydrogens is 206 g/mol. The summed E-state index contributed by atoms with van der Waals surface area (Å²) in [5.41, 5.74) is -0.336. The van der Waals surface area contributed by atoms with Crippen molar-refractivity contribution < 1.29 is 14.6 Å². The highest BCUT2D eigenvalue weighted by Crippen LogP contribution is 2.32. The van der Waals surface area contributed by atoms with Crippen LogP contribution in [-0.2, 0) is 9.53 Å². The summed E-state index contributed by atoms with van der Waals surface area (Å²) in [5.74, 6) is -0.459. The van der Waals surface area contributed by atoms with E-state index in [4.69, 9.17) is 9.84 Å². The molecule has 1 aliphatic heterocycles. The van der Waals surface area contributed by atoms with Crippen molar-refractivity contribution in [3.8, 4) is 0 Å². The van der Waals surface area contributed by atoms with Gasteiger partial charge in [0.15, 0.2) is 0 Å². The van der Waals surface area contributed by atoms with Crippen LogP contribution in [0, 0.1) is 5.92 Å². The third kappa shape index (κ3) is 2.74. The smallest absolute Gasteiger partial charge is 0.305 e. The van der Waals surface area contributed by atoms with Crippen LogP contribution in [-0.4, -0.2) is 48.3 Å². The maximum Gasteiger partial charge on any atom is 0.305 e. The SMILES string of the molecule is COCC(CC(=O)O)(C(C)C)N1CCCC1. The van der Waals surface area contributed by atoms with Gasteiger partial charge in [-0.2, -0.15) is 0 Å². The van der Waals surface area contributed by atoms with Crippen molar-refractivity contribution in [1.29, 1.82) is 0 Å². The molecule has 1 atom stereocenters. The van der Waals surface area contributed by atoms with Gasteiger partial charge in [-0.15, -0.1) is 0 Å². The molecule has 4 heteroatoms. The summed E-state index contributed by atoms with van der Waals surface area (Å²) in [7, 11) is 1.65. The molecule has 0 aromatic carbocycles. The molecule has 94 valence electrons. The van der Waals surface area contributed by atoms with Crippen LogP contribution in [0.2, 0.25) is 0 Å². The Kier molecular flexibility index (Phi) is 4.74. The number of hydrogen-bond donors (Lipinski definition) is 1. The summed E-state index contributed by atoms with van der Waals surface area (Å²) in [5, 5.41) is 9.10. The first-order valence-corrected chi connectivity index (χ1v) is 5.98. The number of carbonyl (C=O) groups is 1. The van der Waals surface area contributed by atoms with Gasteiger partial charge in [-0.05, 0) is 31.8 Å². The summed E-state index contributed by atoms with van der Waals surface area (Å²) < 4.78 is 5.28. The van der Waals surface area contributed by atoms with Gasteiger partial charge in [-0.25, -0.2) is 0 Å². The summed E-state index contributed by atoms with van der Waals surface area (Å²) in [4.78, 5) is 13.4. The molecule has 16 heavy (non-hydrogen) atoms. The molecule has 0 amide bonds. The van der Waals surface area contributed by atoms with Crippen LogP contribution in [0.5, 0.6) is 0 Å². The van der Waals surface area contributed by atoms with Crippen molar-refractivity contribution in [2.45, 2.75) is 38.6 Å². The molecule has 1 aliphatic rings. The van der Waals surface area contributed by atoms with Gasteiger partial charge >= 0.3 is 5.97 Å². The minimum absolute atomic E-state index is 0.165. The van der Waals surface area contributed by atoms with E-state index in [2.05, 4.69) is 18.7 Å². The van der Waals surface area contributed by atoms with Crippen LogP contribution in [0.15, 0.2) is 0 Å². The minimum Gasteiger partial charge on any atom is -0.481 e. The highest BCUT2D eigenvalue weighted by molar-refractivity contribution is 5.68.